The highest BCUT2D eigenvalue weighted by atomic mass is 35.5. The van der Waals surface area contributed by atoms with E-state index < -0.39 is 15.9 Å². The Bertz CT molecular complexity index is 1560. The summed E-state index contributed by atoms with van der Waals surface area (Å²) >= 11 is 6.39. The Morgan fingerprint density at radius 1 is 1.14 bits per heavy atom. The first-order valence-corrected chi connectivity index (χ1v) is 16.4. The highest BCUT2D eigenvalue weighted by molar-refractivity contribution is 7.90. The van der Waals surface area contributed by atoms with Crippen LogP contribution in [0.25, 0.3) is 0 Å². The maximum atomic E-state index is 13.3. The second-order valence-electron chi connectivity index (χ2n) is 12.7. The molecule has 2 atom stereocenters. The molecule has 11 heteroatoms. The topological polar surface area (TPSA) is 126 Å². The van der Waals surface area contributed by atoms with Gasteiger partial charge in [-0.25, -0.2) is 14.7 Å². The molecule has 0 spiro atoms. The number of hydrogen-bond acceptors (Lipinski definition) is 8. The van der Waals surface area contributed by atoms with E-state index in [1.165, 1.54) is 6.07 Å². The van der Waals surface area contributed by atoms with Gasteiger partial charge in [-0.2, -0.15) is 8.42 Å². The van der Waals surface area contributed by atoms with Gasteiger partial charge in [0.1, 0.15) is 11.0 Å². The standard InChI is InChI=1S/C31H39ClN6O3S/c1-30(2)15-8-9-21-17-22(28(32)37-27(21)30)29(39)38-42(40,41)26-12-7-11-25(36-26)35-24(23-10-5-6-16-33-23)14-13-20-18-31(3,4)34-19-20/h5-7,10-12,16-17,20,24,34H,8-9,13-15,18-19H2,1-4H3,(H,35,36)(H,38,39)/t20-,24?/m0/s1. The molecular formula is C31H39ClN6O3S. The van der Waals surface area contributed by atoms with Gasteiger partial charge in [0.05, 0.1) is 23.0 Å². The molecule has 1 aliphatic heterocycles. The highest BCUT2D eigenvalue weighted by Crippen LogP contribution is 2.37. The van der Waals surface area contributed by atoms with Gasteiger partial charge in [-0.1, -0.05) is 37.6 Å². The third-order valence-corrected chi connectivity index (χ3v) is 9.83. The number of hydrogen-bond donors (Lipinski definition) is 3. The number of carbonyl (C=O) groups excluding carboxylic acids is 1. The van der Waals surface area contributed by atoms with Crippen molar-refractivity contribution in [1.82, 2.24) is 25.0 Å². The van der Waals surface area contributed by atoms with E-state index in [1.54, 1.807) is 24.4 Å². The zero-order valence-corrected chi connectivity index (χ0v) is 26.1. The Morgan fingerprint density at radius 2 is 1.95 bits per heavy atom. The summed E-state index contributed by atoms with van der Waals surface area (Å²) in [5, 5.41) is 6.67. The molecule has 1 fully saturated rings. The Labute approximate surface area is 253 Å². The molecule has 9 nitrogen and oxygen atoms in total. The molecule has 0 bridgehead atoms. The van der Waals surface area contributed by atoms with E-state index in [4.69, 9.17) is 11.6 Å². The van der Waals surface area contributed by atoms with Crippen molar-refractivity contribution < 1.29 is 13.2 Å². The van der Waals surface area contributed by atoms with Gasteiger partial charge in [0.15, 0.2) is 5.03 Å². The third kappa shape index (κ3) is 6.93. The number of fused-ring (bicyclic) bond motifs is 1. The predicted octanol–water partition coefficient (Wildman–Crippen LogP) is 5.58. The molecule has 2 aliphatic rings. The predicted molar refractivity (Wildman–Crippen MR) is 164 cm³/mol. The molecule has 5 rings (SSSR count). The summed E-state index contributed by atoms with van der Waals surface area (Å²) in [7, 11) is -4.29. The number of pyridine rings is 3. The summed E-state index contributed by atoms with van der Waals surface area (Å²) in [6.45, 7) is 9.58. The SMILES string of the molecule is CC1(C)C[C@H](CCC(Nc2cccc(S(=O)(=O)NC(=O)c3cc4c(nc3Cl)C(C)(C)CCC4)n2)c2ccccn2)CN1. The second kappa shape index (κ2) is 11.9. The molecule has 3 aromatic rings. The lowest BCUT2D eigenvalue weighted by molar-refractivity contribution is 0.0980. The van der Waals surface area contributed by atoms with Crippen molar-refractivity contribution in [3.8, 4) is 0 Å². The molecule has 4 heterocycles. The lowest BCUT2D eigenvalue weighted by Gasteiger charge is -2.31. The fraction of sp³-hybridized carbons (Fsp3) is 0.484. The van der Waals surface area contributed by atoms with Gasteiger partial charge in [0.2, 0.25) is 0 Å². The van der Waals surface area contributed by atoms with Crippen LogP contribution in [0.4, 0.5) is 5.82 Å². The van der Waals surface area contributed by atoms with E-state index in [9.17, 15) is 13.2 Å². The molecule has 3 aromatic heterocycles. The zero-order chi connectivity index (χ0) is 30.1. The Hall–Kier alpha value is -3.08. The number of nitrogens with zero attached hydrogens (tertiary/aromatic N) is 3. The number of rotatable bonds is 9. The zero-order valence-electron chi connectivity index (χ0n) is 24.6. The second-order valence-corrected chi connectivity index (χ2v) is 14.7. The minimum Gasteiger partial charge on any atom is -0.362 e. The molecule has 0 aromatic carbocycles. The number of sulfonamides is 1. The average Bonchev–Trinajstić information content (AvgIpc) is 3.29. The van der Waals surface area contributed by atoms with Crippen LogP contribution in [0, 0.1) is 5.92 Å². The summed E-state index contributed by atoms with van der Waals surface area (Å²) in [5.74, 6) is 0.0822. The molecule has 224 valence electrons. The van der Waals surface area contributed by atoms with Gasteiger partial charge in [-0.05, 0) is 101 Å². The number of carbonyl (C=O) groups is 1. The van der Waals surface area contributed by atoms with E-state index in [-0.39, 0.29) is 32.7 Å². The normalized spacial score (nSPS) is 20.0. The summed E-state index contributed by atoms with van der Waals surface area (Å²) < 4.78 is 28.7. The molecule has 1 unspecified atom stereocenters. The molecule has 0 radical (unpaired) electrons. The van der Waals surface area contributed by atoms with Crippen molar-refractivity contribution in [1.29, 1.82) is 0 Å². The maximum Gasteiger partial charge on any atom is 0.281 e. The first-order valence-electron chi connectivity index (χ1n) is 14.5. The first-order chi connectivity index (χ1) is 19.8. The van der Waals surface area contributed by atoms with Gasteiger partial charge >= 0.3 is 0 Å². The van der Waals surface area contributed by atoms with Crippen LogP contribution >= 0.6 is 11.6 Å². The van der Waals surface area contributed by atoms with Gasteiger partial charge in [-0.15, -0.1) is 0 Å². The third-order valence-electron chi connectivity index (χ3n) is 8.31. The quantitative estimate of drug-likeness (QED) is 0.268. The van der Waals surface area contributed by atoms with Crippen LogP contribution in [-0.4, -0.2) is 41.4 Å². The van der Waals surface area contributed by atoms with E-state index >= 15 is 0 Å². The van der Waals surface area contributed by atoms with Crippen LogP contribution in [0.2, 0.25) is 5.15 Å². The summed E-state index contributed by atoms with van der Waals surface area (Å²) in [6.07, 6.45) is 7.31. The average molecular weight is 611 g/mol. The smallest absolute Gasteiger partial charge is 0.281 e. The van der Waals surface area contributed by atoms with E-state index in [0.717, 1.165) is 62.0 Å². The van der Waals surface area contributed by atoms with E-state index in [0.29, 0.717) is 11.7 Å². The molecular weight excluding hydrogens is 572 g/mol. The van der Waals surface area contributed by atoms with Gasteiger partial charge in [0.25, 0.3) is 15.9 Å². The number of aromatic nitrogens is 3. The van der Waals surface area contributed by atoms with E-state index in [1.807, 2.05) is 18.2 Å². The molecule has 3 N–H and O–H groups in total. The molecule has 1 saturated heterocycles. The Kier molecular flexibility index (Phi) is 8.60. The summed E-state index contributed by atoms with van der Waals surface area (Å²) in [6, 6.07) is 11.9. The lowest BCUT2D eigenvalue weighted by Crippen LogP contribution is -2.33. The lowest BCUT2D eigenvalue weighted by atomic mass is 9.76. The van der Waals surface area contributed by atoms with Gasteiger partial charge in [-0.3, -0.25) is 9.78 Å². The van der Waals surface area contributed by atoms with Crippen LogP contribution in [0.3, 0.4) is 0 Å². The number of amides is 1. The molecule has 1 aliphatic carbocycles. The summed E-state index contributed by atoms with van der Waals surface area (Å²) in [5.41, 5.74) is 2.62. The van der Waals surface area contributed by atoms with E-state index in [2.05, 4.69) is 58.0 Å². The van der Waals surface area contributed by atoms with Crippen LogP contribution in [0.15, 0.2) is 53.7 Å². The maximum absolute atomic E-state index is 13.3. The van der Waals surface area contributed by atoms with Crippen molar-refractivity contribution in [2.45, 2.75) is 88.2 Å². The minimum atomic E-state index is -4.29. The van der Waals surface area contributed by atoms with Crippen molar-refractivity contribution in [3.63, 3.8) is 0 Å². The van der Waals surface area contributed by atoms with Crippen LogP contribution in [0.5, 0.6) is 0 Å². The fourth-order valence-corrected chi connectivity index (χ4v) is 7.29. The largest absolute Gasteiger partial charge is 0.362 e. The monoisotopic (exact) mass is 610 g/mol. The Morgan fingerprint density at radius 3 is 2.67 bits per heavy atom. The van der Waals surface area contributed by atoms with Gasteiger partial charge in [0, 0.05) is 17.2 Å². The molecule has 42 heavy (non-hydrogen) atoms. The number of halogens is 1. The first kappa shape index (κ1) is 30.4. The minimum absolute atomic E-state index is 0.0149. The van der Waals surface area contributed by atoms with Gasteiger partial charge < -0.3 is 10.6 Å². The number of anilines is 1. The van der Waals surface area contributed by atoms with Crippen molar-refractivity contribution in [3.05, 3.63) is 76.3 Å². The fourth-order valence-electron chi connectivity index (χ4n) is 6.13. The number of nitrogens with one attached hydrogen (secondary N) is 3. The summed E-state index contributed by atoms with van der Waals surface area (Å²) in [4.78, 5) is 26.5. The van der Waals surface area contributed by atoms with Crippen LogP contribution in [-0.2, 0) is 21.9 Å². The van der Waals surface area contributed by atoms with Crippen LogP contribution in [0.1, 0.15) is 93.2 Å². The van der Waals surface area contributed by atoms with Crippen molar-refractivity contribution in [2.24, 2.45) is 5.92 Å². The van der Waals surface area contributed by atoms with Crippen molar-refractivity contribution in [2.75, 3.05) is 11.9 Å². The highest BCUT2D eigenvalue weighted by Gasteiger charge is 2.33. The number of aryl methyl sites for hydroxylation is 1. The van der Waals surface area contributed by atoms with Crippen LogP contribution < -0.4 is 15.4 Å². The Balaban J connectivity index is 1.32. The molecule has 0 saturated carbocycles. The molecule has 1 amide bonds. The van der Waals surface area contributed by atoms with Crippen molar-refractivity contribution >= 4 is 33.3 Å².